The van der Waals surface area contributed by atoms with Crippen molar-refractivity contribution in [1.82, 2.24) is 15.3 Å². The molecule has 1 aliphatic carbocycles. The minimum absolute atomic E-state index is 0.0240. The number of hydrogen-bond acceptors (Lipinski definition) is 5. The van der Waals surface area contributed by atoms with Gasteiger partial charge in [-0.3, -0.25) is 10.1 Å². The molecule has 2 aromatic heterocycles. The van der Waals surface area contributed by atoms with E-state index in [1.165, 1.54) is 19.1 Å². The number of ether oxygens (including phenoxy) is 1. The molecule has 0 spiro atoms. The number of pyridine rings is 1. The summed E-state index contributed by atoms with van der Waals surface area (Å²) in [6, 6.07) is 7.27. The number of nitrogens with zero attached hydrogens (tertiary/aromatic N) is 1. The van der Waals surface area contributed by atoms with Crippen LogP contribution in [0, 0.1) is 5.82 Å². The number of methoxy groups -OCH3 is 1. The van der Waals surface area contributed by atoms with Gasteiger partial charge >= 0.3 is 5.97 Å². The van der Waals surface area contributed by atoms with Crippen molar-refractivity contribution in [2.45, 2.75) is 44.4 Å². The van der Waals surface area contributed by atoms with Gasteiger partial charge in [-0.15, -0.1) is 0 Å². The Hall–Kier alpha value is -3.23. The number of allylic oxidation sites excluding steroid dienone is 1. The van der Waals surface area contributed by atoms with Crippen LogP contribution in [0.25, 0.3) is 27.7 Å². The fourth-order valence-corrected chi connectivity index (χ4v) is 4.23. The number of hydrogen-bond donors (Lipinski definition) is 4. The average molecular weight is 439 g/mol. The van der Waals surface area contributed by atoms with Crippen molar-refractivity contribution in [3.8, 4) is 16.9 Å². The summed E-state index contributed by atoms with van der Waals surface area (Å²) >= 11 is 0. The molecule has 0 aliphatic heterocycles. The highest BCUT2D eigenvalue weighted by molar-refractivity contribution is 5.96. The molecule has 0 bridgehead atoms. The van der Waals surface area contributed by atoms with Crippen LogP contribution < -0.4 is 10.1 Å². The van der Waals surface area contributed by atoms with Gasteiger partial charge in [0.2, 0.25) is 0 Å². The van der Waals surface area contributed by atoms with Crippen molar-refractivity contribution in [1.29, 1.82) is 0 Å². The number of halogens is 1. The van der Waals surface area contributed by atoms with Crippen molar-refractivity contribution >= 4 is 22.6 Å². The minimum atomic E-state index is -1.06. The van der Waals surface area contributed by atoms with Crippen LogP contribution in [0.1, 0.15) is 31.9 Å². The summed E-state index contributed by atoms with van der Waals surface area (Å²) in [7, 11) is 1.56. The van der Waals surface area contributed by atoms with Crippen molar-refractivity contribution in [2.24, 2.45) is 0 Å². The maximum Gasteiger partial charge on any atom is 0.323 e. The highest BCUT2D eigenvalue weighted by Crippen LogP contribution is 2.37. The molecule has 3 atom stereocenters. The average Bonchev–Trinajstić information content (AvgIpc) is 3.22. The number of aliphatic carboxylic acids is 1. The molecule has 0 fully saturated rings. The minimum Gasteiger partial charge on any atom is -0.496 e. The zero-order valence-electron chi connectivity index (χ0n) is 17.9. The molecule has 0 amide bonds. The first-order valence-electron chi connectivity index (χ1n) is 10.6. The Bertz CT molecular complexity index is 1170. The largest absolute Gasteiger partial charge is 0.496 e. The predicted octanol–water partition coefficient (Wildman–Crippen LogP) is 3.74. The molecular weight excluding hydrogens is 413 g/mol. The van der Waals surface area contributed by atoms with E-state index in [0.717, 1.165) is 35.1 Å². The van der Waals surface area contributed by atoms with E-state index in [0.29, 0.717) is 23.4 Å². The van der Waals surface area contributed by atoms with Crippen LogP contribution in [-0.2, 0) is 4.79 Å². The first-order valence-corrected chi connectivity index (χ1v) is 10.6. The summed E-state index contributed by atoms with van der Waals surface area (Å²) in [6.07, 6.45) is 4.93. The van der Waals surface area contributed by atoms with Gasteiger partial charge in [0.1, 0.15) is 23.3 Å². The van der Waals surface area contributed by atoms with E-state index in [-0.39, 0.29) is 11.9 Å². The monoisotopic (exact) mass is 439 g/mol. The van der Waals surface area contributed by atoms with Crippen LogP contribution in [0.3, 0.4) is 0 Å². The predicted molar refractivity (Wildman–Crippen MR) is 120 cm³/mol. The third kappa shape index (κ3) is 4.37. The van der Waals surface area contributed by atoms with E-state index < -0.39 is 18.1 Å². The van der Waals surface area contributed by atoms with E-state index in [9.17, 15) is 19.4 Å². The normalized spacial score (nSPS) is 18.2. The molecule has 168 valence electrons. The van der Waals surface area contributed by atoms with Gasteiger partial charge in [-0.25, -0.2) is 9.37 Å². The molecule has 0 saturated carbocycles. The molecule has 32 heavy (non-hydrogen) atoms. The molecule has 4 N–H and O–H groups in total. The van der Waals surface area contributed by atoms with E-state index in [4.69, 9.17) is 4.74 Å². The molecule has 3 aromatic rings. The first-order chi connectivity index (χ1) is 15.4. The molecule has 4 rings (SSSR count). The van der Waals surface area contributed by atoms with Crippen LogP contribution >= 0.6 is 0 Å². The van der Waals surface area contributed by atoms with Crippen molar-refractivity contribution < 1.29 is 24.1 Å². The van der Waals surface area contributed by atoms with Crippen LogP contribution in [0.4, 0.5) is 4.39 Å². The molecular formula is C24H26FN3O4. The van der Waals surface area contributed by atoms with Gasteiger partial charge in [0.05, 0.1) is 13.2 Å². The zero-order valence-corrected chi connectivity index (χ0v) is 17.9. The van der Waals surface area contributed by atoms with Crippen molar-refractivity contribution in [2.75, 3.05) is 7.11 Å². The van der Waals surface area contributed by atoms with Gasteiger partial charge in [0.15, 0.2) is 0 Å². The quantitative estimate of drug-likeness (QED) is 0.447. The summed E-state index contributed by atoms with van der Waals surface area (Å²) < 4.78 is 19.4. The first kappa shape index (κ1) is 22.0. The molecule has 0 radical (unpaired) electrons. The third-order valence-corrected chi connectivity index (χ3v) is 5.90. The van der Waals surface area contributed by atoms with Crippen LogP contribution in [0.15, 0.2) is 42.6 Å². The lowest BCUT2D eigenvalue weighted by Gasteiger charge is -2.27. The SMILES string of the molecule is COc1ccc(F)cc1-c1ccnc2[nH]c(C3=CCC(N[C@H](C(=O)O)[C@@H](C)O)CC3)cc12. The lowest BCUT2D eigenvalue weighted by Crippen LogP contribution is -2.49. The number of rotatable bonds is 7. The Balaban J connectivity index is 1.61. The molecule has 1 aliphatic rings. The summed E-state index contributed by atoms with van der Waals surface area (Å²) in [5.74, 6) is -0.817. The number of fused-ring (bicyclic) bond motifs is 1. The Labute approximate surface area is 184 Å². The maximum atomic E-state index is 13.9. The Kier molecular flexibility index (Phi) is 6.25. The van der Waals surface area contributed by atoms with E-state index in [1.807, 2.05) is 12.1 Å². The fourth-order valence-electron chi connectivity index (χ4n) is 4.23. The number of carboxylic acid groups (broad SMARTS) is 1. The summed E-state index contributed by atoms with van der Waals surface area (Å²) in [4.78, 5) is 19.1. The van der Waals surface area contributed by atoms with E-state index in [2.05, 4.69) is 21.4 Å². The number of benzene rings is 1. The second-order valence-electron chi connectivity index (χ2n) is 8.07. The molecule has 7 nitrogen and oxygen atoms in total. The Morgan fingerprint density at radius 3 is 2.78 bits per heavy atom. The van der Waals surface area contributed by atoms with Gasteiger partial charge < -0.3 is 19.9 Å². The van der Waals surface area contributed by atoms with E-state index in [1.54, 1.807) is 19.4 Å². The second-order valence-corrected chi connectivity index (χ2v) is 8.07. The van der Waals surface area contributed by atoms with Crippen LogP contribution in [-0.4, -0.2) is 51.4 Å². The summed E-state index contributed by atoms with van der Waals surface area (Å²) in [5.41, 5.74) is 4.22. The number of aliphatic hydroxyl groups is 1. The number of aliphatic hydroxyl groups excluding tert-OH is 1. The van der Waals surface area contributed by atoms with Gasteiger partial charge in [-0.1, -0.05) is 6.08 Å². The highest BCUT2D eigenvalue weighted by atomic mass is 19.1. The van der Waals surface area contributed by atoms with Crippen LogP contribution in [0.2, 0.25) is 0 Å². The lowest BCUT2D eigenvalue weighted by atomic mass is 9.92. The lowest BCUT2D eigenvalue weighted by molar-refractivity contribution is -0.142. The number of aromatic nitrogens is 2. The highest BCUT2D eigenvalue weighted by Gasteiger charge is 2.27. The third-order valence-electron chi connectivity index (χ3n) is 5.90. The molecule has 8 heteroatoms. The molecule has 1 aromatic carbocycles. The molecule has 1 unspecified atom stereocenters. The summed E-state index contributed by atoms with van der Waals surface area (Å²) in [6.45, 7) is 1.47. The zero-order chi connectivity index (χ0) is 22.8. The van der Waals surface area contributed by atoms with Gasteiger partial charge in [0.25, 0.3) is 0 Å². The Morgan fingerprint density at radius 2 is 2.12 bits per heavy atom. The molecule has 0 saturated heterocycles. The number of carbonyl (C=O) groups is 1. The Morgan fingerprint density at radius 1 is 1.31 bits per heavy atom. The number of aromatic amines is 1. The topological polar surface area (TPSA) is 107 Å². The fraction of sp³-hybridized carbons (Fsp3) is 0.333. The summed E-state index contributed by atoms with van der Waals surface area (Å²) in [5, 5.41) is 22.9. The van der Waals surface area contributed by atoms with Crippen molar-refractivity contribution in [3.05, 3.63) is 54.1 Å². The smallest absolute Gasteiger partial charge is 0.323 e. The number of nitrogens with one attached hydrogen (secondary N) is 2. The standard InChI is InChI=1S/C24H26FN3O4/c1-13(29)22(24(30)31)27-16-6-3-14(4-7-16)20-12-19-17(9-10-26-23(19)28-20)18-11-15(25)5-8-21(18)32-2/h3,5,8-13,16,22,27,29H,4,6-7H2,1-2H3,(H,26,28)(H,30,31)/t13-,16?,22+/m1/s1. The van der Waals surface area contributed by atoms with Gasteiger partial charge in [-0.05, 0) is 67.7 Å². The maximum absolute atomic E-state index is 13.9. The van der Waals surface area contributed by atoms with E-state index >= 15 is 0 Å². The number of carboxylic acids is 1. The van der Waals surface area contributed by atoms with Crippen LogP contribution in [0.5, 0.6) is 5.75 Å². The number of H-pyrrole nitrogens is 1. The van der Waals surface area contributed by atoms with Gasteiger partial charge in [0, 0.05) is 28.9 Å². The van der Waals surface area contributed by atoms with Crippen molar-refractivity contribution in [3.63, 3.8) is 0 Å². The van der Waals surface area contributed by atoms with Gasteiger partial charge in [-0.2, -0.15) is 0 Å². The molecule has 2 heterocycles. The second kappa shape index (κ2) is 9.10.